The third-order valence-corrected chi connectivity index (χ3v) is 4.73. The molecule has 5 nitrogen and oxygen atoms in total. The number of nitrogens with one attached hydrogen (secondary N) is 1. The molecular weight excluding hydrogens is 228 g/mol. The lowest BCUT2D eigenvalue weighted by atomic mass is 9.95. The number of carbonyl (C=O) groups excluding carboxylic acids is 1. The van der Waals surface area contributed by atoms with Gasteiger partial charge in [-0.2, -0.15) is 17.4 Å². The second kappa shape index (κ2) is 5.75. The van der Waals surface area contributed by atoms with Crippen LogP contribution < -0.4 is 4.72 Å². The minimum atomic E-state index is -3.37. The van der Waals surface area contributed by atoms with Gasteiger partial charge in [0.05, 0.1) is 0 Å². The molecule has 94 valence electrons. The first-order valence-corrected chi connectivity index (χ1v) is 7.22. The maximum atomic E-state index is 11.9. The molecule has 0 unspecified atom stereocenters. The van der Waals surface area contributed by atoms with Crippen LogP contribution in [-0.4, -0.2) is 37.6 Å². The molecule has 0 aromatic carbocycles. The molecule has 16 heavy (non-hydrogen) atoms. The van der Waals surface area contributed by atoms with Crippen molar-refractivity contribution >= 4 is 16.0 Å². The zero-order valence-corrected chi connectivity index (χ0v) is 10.7. The van der Waals surface area contributed by atoms with E-state index in [0.29, 0.717) is 38.8 Å². The maximum absolute atomic E-state index is 11.9. The summed E-state index contributed by atoms with van der Waals surface area (Å²) < 4.78 is 27.8. The Morgan fingerprint density at radius 2 is 1.75 bits per heavy atom. The molecule has 6 heteroatoms. The third-order valence-electron chi connectivity index (χ3n) is 2.90. The normalized spacial score (nSPS) is 19.3. The van der Waals surface area contributed by atoms with Crippen molar-refractivity contribution in [2.45, 2.75) is 45.6 Å². The Hall–Kier alpha value is -0.460. The number of carbonyl (C=O) groups is 1. The number of hydrogen-bond acceptors (Lipinski definition) is 3. The highest BCUT2D eigenvalue weighted by Gasteiger charge is 2.26. The highest BCUT2D eigenvalue weighted by molar-refractivity contribution is 7.87. The molecule has 1 N–H and O–H groups in total. The summed E-state index contributed by atoms with van der Waals surface area (Å²) in [5.41, 5.74) is 0. The first-order valence-electron chi connectivity index (χ1n) is 5.78. The molecular formula is C10H20N2O3S. The Bertz CT molecular complexity index is 326. The van der Waals surface area contributed by atoms with E-state index in [9.17, 15) is 13.2 Å². The lowest BCUT2D eigenvalue weighted by Gasteiger charge is -2.26. The highest BCUT2D eigenvalue weighted by atomic mass is 32.2. The Morgan fingerprint density at radius 3 is 2.19 bits per heavy atom. The summed E-state index contributed by atoms with van der Waals surface area (Å²) in [4.78, 5) is 11.0. The third kappa shape index (κ3) is 3.54. The molecule has 0 saturated heterocycles. The van der Waals surface area contributed by atoms with Crippen LogP contribution in [-0.2, 0) is 15.0 Å². The molecule has 1 aliphatic rings. The predicted octanol–water partition coefficient (Wildman–Crippen LogP) is 0.674. The average Bonchev–Trinajstić information content (AvgIpc) is 2.22. The molecule has 0 aromatic heterocycles. The fraction of sp³-hybridized carbons (Fsp3) is 0.900. The van der Waals surface area contributed by atoms with Crippen LogP contribution in [0.4, 0.5) is 0 Å². The lowest BCUT2D eigenvalue weighted by molar-refractivity contribution is -0.120. The van der Waals surface area contributed by atoms with Gasteiger partial charge in [0.2, 0.25) is 0 Å². The van der Waals surface area contributed by atoms with Crippen molar-refractivity contribution < 1.29 is 13.2 Å². The van der Waals surface area contributed by atoms with Gasteiger partial charge in [0.15, 0.2) is 0 Å². The van der Waals surface area contributed by atoms with Crippen LogP contribution in [0, 0.1) is 0 Å². The van der Waals surface area contributed by atoms with Crippen molar-refractivity contribution in [3.8, 4) is 0 Å². The van der Waals surface area contributed by atoms with Gasteiger partial charge in [-0.1, -0.05) is 13.8 Å². The highest BCUT2D eigenvalue weighted by Crippen LogP contribution is 2.16. The molecule has 1 saturated carbocycles. The Labute approximate surface area is 97.4 Å². The van der Waals surface area contributed by atoms with Crippen LogP contribution >= 0.6 is 0 Å². The maximum Gasteiger partial charge on any atom is 0.279 e. The van der Waals surface area contributed by atoms with Crippen LogP contribution in [0.25, 0.3) is 0 Å². The van der Waals surface area contributed by atoms with Gasteiger partial charge in [-0.15, -0.1) is 0 Å². The van der Waals surface area contributed by atoms with E-state index < -0.39 is 10.2 Å². The molecule has 0 aliphatic heterocycles. The number of Topliss-reactive ketones (excluding diaryl/α,β-unsaturated/α-hetero) is 1. The average molecular weight is 248 g/mol. The first-order chi connectivity index (χ1) is 7.49. The molecule has 0 spiro atoms. The van der Waals surface area contributed by atoms with Crippen molar-refractivity contribution in [2.75, 3.05) is 13.1 Å². The zero-order chi connectivity index (χ0) is 12.2. The zero-order valence-electron chi connectivity index (χ0n) is 9.90. The van der Waals surface area contributed by atoms with E-state index in [4.69, 9.17) is 0 Å². The quantitative estimate of drug-likeness (QED) is 0.778. The van der Waals surface area contributed by atoms with Crippen LogP contribution in [0.5, 0.6) is 0 Å². The molecule has 0 heterocycles. The van der Waals surface area contributed by atoms with Gasteiger partial charge >= 0.3 is 0 Å². The molecule has 1 aliphatic carbocycles. The monoisotopic (exact) mass is 248 g/mol. The van der Waals surface area contributed by atoms with E-state index in [-0.39, 0.29) is 11.8 Å². The number of hydrogen-bond donors (Lipinski definition) is 1. The second-order valence-corrected chi connectivity index (χ2v) is 5.72. The van der Waals surface area contributed by atoms with Crippen molar-refractivity contribution in [3.05, 3.63) is 0 Å². The van der Waals surface area contributed by atoms with E-state index in [0.717, 1.165) is 0 Å². The first kappa shape index (κ1) is 13.6. The molecule has 0 radical (unpaired) electrons. The van der Waals surface area contributed by atoms with E-state index >= 15 is 0 Å². The minimum Gasteiger partial charge on any atom is -0.300 e. The summed E-state index contributed by atoms with van der Waals surface area (Å²) >= 11 is 0. The summed E-state index contributed by atoms with van der Waals surface area (Å²) in [6, 6.07) is -0.0803. The summed E-state index contributed by atoms with van der Waals surface area (Å²) in [7, 11) is -3.37. The molecule has 0 bridgehead atoms. The van der Waals surface area contributed by atoms with Crippen molar-refractivity contribution in [2.24, 2.45) is 0 Å². The van der Waals surface area contributed by atoms with Gasteiger partial charge in [0.25, 0.3) is 10.2 Å². The molecule has 0 aromatic rings. The largest absolute Gasteiger partial charge is 0.300 e. The van der Waals surface area contributed by atoms with Gasteiger partial charge in [-0.05, 0) is 12.8 Å². The lowest BCUT2D eigenvalue weighted by Crippen LogP contribution is -2.46. The van der Waals surface area contributed by atoms with E-state index in [1.807, 2.05) is 13.8 Å². The number of rotatable bonds is 5. The second-order valence-electron chi connectivity index (χ2n) is 4.02. The van der Waals surface area contributed by atoms with Gasteiger partial charge in [-0.25, -0.2) is 0 Å². The molecule has 0 amide bonds. The molecule has 1 fully saturated rings. The standard InChI is InChI=1S/C10H20N2O3S/c1-3-12(4-2)16(14,15)11-9-5-7-10(13)8-6-9/h9,11H,3-8H2,1-2H3. The van der Waals surface area contributed by atoms with Crippen LogP contribution in [0.2, 0.25) is 0 Å². The Balaban J connectivity index is 2.55. The van der Waals surface area contributed by atoms with Crippen LogP contribution in [0.15, 0.2) is 0 Å². The summed E-state index contributed by atoms with van der Waals surface area (Å²) in [5.74, 6) is 0.235. The summed E-state index contributed by atoms with van der Waals surface area (Å²) in [6.07, 6.45) is 2.23. The van der Waals surface area contributed by atoms with Gasteiger partial charge in [0.1, 0.15) is 5.78 Å². The summed E-state index contributed by atoms with van der Waals surface area (Å²) in [5, 5.41) is 0. The van der Waals surface area contributed by atoms with E-state index in [2.05, 4.69) is 4.72 Å². The summed E-state index contributed by atoms with van der Waals surface area (Å²) in [6.45, 7) is 4.56. The van der Waals surface area contributed by atoms with E-state index in [1.54, 1.807) is 0 Å². The predicted molar refractivity (Wildman–Crippen MR) is 62.2 cm³/mol. The SMILES string of the molecule is CCN(CC)S(=O)(=O)NC1CCC(=O)CC1. The van der Waals surface area contributed by atoms with Crippen molar-refractivity contribution in [1.29, 1.82) is 0 Å². The number of ketones is 1. The van der Waals surface area contributed by atoms with E-state index in [1.165, 1.54) is 4.31 Å². The fourth-order valence-corrected chi connectivity index (χ4v) is 3.39. The number of nitrogens with zero attached hydrogens (tertiary/aromatic N) is 1. The van der Waals surface area contributed by atoms with Crippen LogP contribution in [0.1, 0.15) is 39.5 Å². The Morgan fingerprint density at radius 1 is 1.25 bits per heavy atom. The molecule has 0 atom stereocenters. The van der Waals surface area contributed by atoms with Gasteiger partial charge < -0.3 is 0 Å². The van der Waals surface area contributed by atoms with Crippen molar-refractivity contribution in [3.63, 3.8) is 0 Å². The molecule has 1 rings (SSSR count). The van der Waals surface area contributed by atoms with Crippen molar-refractivity contribution in [1.82, 2.24) is 9.03 Å². The minimum absolute atomic E-state index is 0.0803. The van der Waals surface area contributed by atoms with Crippen LogP contribution in [0.3, 0.4) is 0 Å². The van der Waals surface area contributed by atoms with Gasteiger partial charge in [0, 0.05) is 32.0 Å². The topological polar surface area (TPSA) is 66.5 Å². The Kier molecular flexibility index (Phi) is 4.89. The fourth-order valence-electron chi connectivity index (χ4n) is 1.91. The van der Waals surface area contributed by atoms with Gasteiger partial charge in [-0.3, -0.25) is 4.79 Å². The smallest absolute Gasteiger partial charge is 0.279 e.